The summed E-state index contributed by atoms with van der Waals surface area (Å²) in [6.45, 7) is 0. The number of nitrogens with one attached hydrogen (secondary N) is 1. The Morgan fingerprint density at radius 3 is 2.62 bits per heavy atom. The van der Waals surface area contributed by atoms with Crippen LogP contribution in [0.1, 0.15) is 17.5 Å². The van der Waals surface area contributed by atoms with Crippen LogP contribution in [-0.2, 0) is 17.6 Å². The number of rotatable bonds is 3. The van der Waals surface area contributed by atoms with Gasteiger partial charge in [0.25, 0.3) is 0 Å². The zero-order valence-electron chi connectivity index (χ0n) is 11.6. The van der Waals surface area contributed by atoms with E-state index in [1.54, 1.807) is 0 Å². The van der Waals surface area contributed by atoms with Crippen LogP contribution in [0.5, 0.6) is 0 Å². The van der Waals surface area contributed by atoms with Crippen molar-refractivity contribution in [2.75, 3.05) is 5.32 Å². The van der Waals surface area contributed by atoms with Crippen molar-refractivity contribution in [2.24, 2.45) is 5.73 Å². The molecule has 3 N–H and O–H groups in total. The maximum atomic E-state index is 12.1. The van der Waals surface area contributed by atoms with Crippen molar-refractivity contribution in [3.05, 3.63) is 64.1 Å². The third-order valence-corrected chi connectivity index (χ3v) is 4.60. The summed E-state index contributed by atoms with van der Waals surface area (Å²) in [5, 5.41) is 3.36. The second-order valence-electron chi connectivity index (χ2n) is 5.53. The Bertz CT molecular complexity index is 672. The van der Waals surface area contributed by atoms with E-state index in [-0.39, 0.29) is 5.91 Å². The van der Waals surface area contributed by atoms with Crippen LogP contribution < -0.4 is 11.1 Å². The SMILES string of the molecule is NC(=O)C1(Nc2ccccc2)CCc2cc(Br)ccc2C1. The minimum Gasteiger partial charge on any atom is -0.371 e. The van der Waals surface area contributed by atoms with Gasteiger partial charge in [-0.1, -0.05) is 40.2 Å². The normalized spacial score (nSPS) is 20.6. The number of hydrogen-bond acceptors (Lipinski definition) is 2. The predicted molar refractivity (Wildman–Crippen MR) is 88.2 cm³/mol. The molecule has 3 rings (SSSR count). The third-order valence-electron chi connectivity index (χ3n) is 4.11. The van der Waals surface area contributed by atoms with Gasteiger partial charge in [0.05, 0.1) is 0 Å². The summed E-state index contributed by atoms with van der Waals surface area (Å²) in [7, 11) is 0. The molecule has 1 aliphatic carbocycles. The second kappa shape index (κ2) is 5.53. The molecule has 0 fully saturated rings. The minimum atomic E-state index is -0.706. The molecule has 0 bridgehead atoms. The van der Waals surface area contributed by atoms with Crippen molar-refractivity contribution in [3.8, 4) is 0 Å². The number of fused-ring (bicyclic) bond motifs is 1. The Labute approximate surface area is 132 Å². The van der Waals surface area contributed by atoms with E-state index >= 15 is 0 Å². The third kappa shape index (κ3) is 2.81. The summed E-state index contributed by atoms with van der Waals surface area (Å²) in [6, 6.07) is 16.0. The molecule has 2 aromatic rings. The molecule has 1 aliphatic rings. The number of para-hydroxylation sites is 1. The average Bonchev–Trinajstić information content (AvgIpc) is 2.48. The Morgan fingerprint density at radius 2 is 1.90 bits per heavy atom. The molecule has 0 saturated heterocycles. The van der Waals surface area contributed by atoms with Crippen molar-refractivity contribution in [2.45, 2.75) is 24.8 Å². The molecular formula is C17H17BrN2O. The van der Waals surface area contributed by atoms with Gasteiger partial charge in [0.2, 0.25) is 5.91 Å². The summed E-state index contributed by atoms with van der Waals surface area (Å²) in [5.41, 5.74) is 8.42. The van der Waals surface area contributed by atoms with Gasteiger partial charge < -0.3 is 11.1 Å². The van der Waals surface area contributed by atoms with Gasteiger partial charge in [0.15, 0.2) is 0 Å². The van der Waals surface area contributed by atoms with Crippen molar-refractivity contribution in [3.63, 3.8) is 0 Å². The first-order valence-corrected chi connectivity index (χ1v) is 7.79. The van der Waals surface area contributed by atoms with Crippen LogP contribution in [0, 0.1) is 0 Å². The first-order valence-electron chi connectivity index (χ1n) is 6.99. The number of carbonyl (C=O) groups is 1. The van der Waals surface area contributed by atoms with Crippen LogP contribution in [0.15, 0.2) is 53.0 Å². The van der Waals surface area contributed by atoms with Crippen LogP contribution in [0.3, 0.4) is 0 Å². The van der Waals surface area contributed by atoms with Crippen molar-refractivity contribution in [1.29, 1.82) is 0 Å². The lowest BCUT2D eigenvalue weighted by Gasteiger charge is -2.37. The van der Waals surface area contributed by atoms with E-state index in [0.29, 0.717) is 12.8 Å². The maximum absolute atomic E-state index is 12.1. The molecule has 0 saturated carbocycles. The second-order valence-corrected chi connectivity index (χ2v) is 6.44. The fourth-order valence-corrected chi connectivity index (χ4v) is 3.35. The Hall–Kier alpha value is -1.81. The number of carbonyl (C=O) groups excluding carboxylic acids is 1. The summed E-state index contributed by atoms with van der Waals surface area (Å²) in [4.78, 5) is 12.1. The summed E-state index contributed by atoms with van der Waals surface area (Å²) < 4.78 is 1.07. The highest BCUT2D eigenvalue weighted by molar-refractivity contribution is 9.10. The molecule has 2 aromatic carbocycles. The molecule has 0 spiro atoms. The van der Waals surface area contributed by atoms with Gasteiger partial charge in [0.1, 0.15) is 5.54 Å². The minimum absolute atomic E-state index is 0.292. The van der Waals surface area contributed by atoms with Gasteiger partial charge in [-0.05, 0) is 48.2 Å². The lowest BCUT2D eigenvalue weighted by Crippen LogP contribution is -2.54. The van der Waals surface area contributed by atoms with Crippen molar-refractivity contribution >= 4 is 27.5 Å². The molecule has 0 aromatic heterocycles. The Kier molecular flexibility index (Phi) is 3.72. The Balaban J connectivity index is 1.93. The van der Waals surface area contributed by atoms with Crippen LogP contribution in [0.25, 0.3) is 0 Å². The molecule has 1 unspecified atom stereocenters. The maximum Gasteiger partial charge on any atom is 0.243 e. The van der Waals surface area contributed by atoms with Gasteiger partial charge in [-0.15, -0.1) is 0 Å². The first-order chi connectivity index (χ1) is 10.1. The topological polar surface area (TPSA) is 55.1 Å². The number of hydrogen-bond donors (Lipinski definition) is 2. The lowest BCUT2D eigenvalue weighted by atomic mass is 9.77. The van der Waals surface area contributed by atoms with Gasteiger partial charge >= 0.3 is 0 Å². The van der Waals surface area contributed by atoms with Crippen LogP contribution >= 0.6 is 15.9 Å². The van der Waals surface area contributed by atoms with Crippen molar-refractivity contribution < 1.29 is 4.79 Å². The zero-order valence-corrected chi connectivity index (χ0v) is 13.2. The molecule has 3 nitrogen and oxygen atoms in total. The van der Waals surface area contributed by atoms with E-state index < -0.39 is 5.54 Å². The number of aryl methyl sites for hydroxylation is 1. The molecule has 1 atom stereocenters. The molecule has 108 valence electrons. The highest BCUT2D eigenvalue weighted by atomic mass is 79.9. The van der Waals surface area contributed by atoms with Crippen LogP contribution in [-0.4, -0.2) is 11.4 Å². The largest absolute Gasteiger partial charge is 0.371 e. The van der Waals surface area contributed by atoms with E-state index in [1.165, 1.54) is 11.1 Å². The van der Waals surface area contributed by atoms with Gasteiger partial charge in [0, 0.05) is 16.6 Å². The number of nitrogens with two attached hydrogens (primary N) is 1. The summed E-state index contributed by atoms with van der Waals surface area (Å²) in [5.74, 6) is -0.292. The fraction of sp³-hybridized carbons (Fsp3) is 0.235. The average molecular weight is 345 g/mol. The highest BCUT2D eigenvalue weighted by Crippen LogP contribution is 2.33. The van der Waals surface area contributed by atoms with E-state index in [0.717, 1.165) is 16.6 Å². The summed E-state index contributed by atoms with van der Waals surface area (Å²) >= 11 is 3.49. The molecule has 21 heavy (non-hydrogen) atoms. The number of primary amides is 1. The van der Waals surface area contributed by atoms with E-state index in [4.69, 9.17) is 5.73 Å². The van der Waals surface area contributed by atoms with Crippen molar-refractivity contribution in [1.82, 2.24) is 0 Å². The van der Waals surface area contributed by atoms with E-state index in [1.807, 2.05) is 36.4 Å². The van der Waals surface area contributed by atoms with Gasteiger partial charge in [-0.3, -0.25) is 4.79 Å². The molecule has 4 heteroatoms. The fourth-order valence-electron chi connectivity index (χ4n) is 2.94. The molecule has 0 heterocycles. The molecule has 0 aliphatic heterocycles. The number of benzene rings is 2. The van der Waals surface area contributed by atoms with Crippen LogP contribution in [0.4, 0.5) is 5.69 Å². The van der Waals surface area contributed by atoms with Gasteiger partial charge in [-0.25, -0.2) is 0 Å². The lowest BCUT2D eigenvalue weighted by molar-refractivity contribution is -0.122. The first kappa shape index (κ1) is 14.1. The van der Waals surface area contributed by atoms with Gasteiger partial charge in [-0.2, -0.15) is 0 Å². The zero-order chi connectivity index (χ0) is 14.9. The highest BCUT2D eigenvalue weighted by Gasteiger charge is 2.39. The van der Waals surface area contributed by atoms with E-state index in [9.17, 15) is 4.79 Å². The molecule has 0 radical (unpaired) electrons. The molecular weight excluding hydrogens is 328 g/mol. The van der Waals surface area contributed by atoms with Crippen LogP contribution in [0.2, 0.25) is 0 Å². The number of anilines is 1. The monoisotopic (exact) mass is 344 g/mol. The quantitative estimate of drug-likeness (QED) is 0.897. The predicted octanol–water partition coefficient (Wildman–Crippen LogP) is 3.27. The smallest absolute Gasteiger partial charge is 0.243 e. The number of halogens is 1. The number of amides is 1. The summed E-state index contributed by atoms with van der Waals surface area (Å²) in [6.07, 6.45) is 2.18. The van der Waals surface area contributed by atoms with E-state index in [2.05, 4.69) is 33.4 Å². The molecule has 1 amide bonds. The Morgan fingerprint density at radius 1 is 1.14 bits per heavy atom. The standard InChI is InChI=1S/C17H17BrN2O/c18-14-7-6-13-11-17(16(19)21,9-8-12(13)10-14)20-15-4-2-1-3-5-15/h1-7,10,20H,8-9,11H2,(H2,19,21).